The van der Waals surface area contributed by atoms with Gasteiger partial charge in [0, 0.05) is 19.7 Å². The van der Waals surface area contributed by atoms with E-state index in [0.29, 0.717) is 26.1 Å². The van der Waals surface area contributed by atoms with Gasteiger partial charge in [-0.15, -0.1) is 0 Å². The fourth-order valence-corrected chi connectivity index (χ4v) is 2.35. The predicted molar refractivity (Wildman–Crippen MR) is 55.9 cm³/mol. The largest absolute Gasteiger partial charge is 0.481 e. The number of carbonyl (C=O) groups excluding carboxylic acids is 1. The van der Waals surface area contributed by atoms with E-state index in [4.69, 9.17) is 9.84 Å². The van der Waals surface area contributed by atoms with E-state index in [1.54, 1.807) is 4.90 Å². The number of carbonyl (C=O) groups is 2. The van der Waals surface area contributed by atoms with Gasteiger partial charge in [-0.1, -0.05) is 0 Å². The number of nitrogens with zero attached hydrogens (tertiary/aromatic N) is 1. The summed E-state index contributed by atoms with van der Waals surface area (Å²) in [5.41, 5.74) is 0. The van der Waals surface area contributed by atoms with Gasteiger partial charge in [-0.3, -0.25) is 9.59 Å². The highest BCUT2D eigenvalue weighted by Gasteiger charge is 2.33. The van der Waals surface area contributed by atoms with Crippen LogP contribution in [0, 0.1) is 5.92 Å². The molecule has 0 saturated carbocycles. The number of carboxylic acids is 1. The number of likely N-dealkylation sites (tertiary alicyclic amines) is 1. The summed E-state index contributed by atoms with van der Waals surface area (Å²) in [6, 6.07) is 0. The van der Waals surface area contributed by atoms with Crippen LogP contribution in [0.25, 0.3) is 0 Å². The number of carboxylic acid groups (broad SMARTS) is 1. The third-order valence-corrected chi connectivity index (χ3v) is 3.29. The van der Waals surface area contributed by atoms with Gasteiger partial charge in [0.05, 0.1) is 5.92 Å². The van der Waals surface area contributed by atoms with Gasteiger partial charge in [-0.05, 0) is 25.7 Å². The molecule has 0 spiro atoms. The third-order valence-electron chi connectivity index (χ3n) is 3.29. The quantitative estimate of drug-likeness (QED) is 0.745. The molecule has 2 heterocycles. The Hall–Kier alpha value is -1.10. The van der Waals surface area contributed by atoms with Gasteiger partial charge in [-0.25, -0.2) is 0 Å². The highest BCUT2D eigenvalue weighted by atomic mass is 16.5. The van der Waals surface area contributed by atoms with E-state index >= 15 is 0 Å². The van der Waals surface area contributed by atoms with E-state index < -0.39 is 11.9 Å². The molecule has 2 rings (SSSR count). The predicted octanol–water partition coefficient (Wildman–Crippen LogP) is 0.489. The molecule has 0 aromatic carbocycles. The van der Waals surface area contributed by atoms with Crippen molar-refractivity contribution >= 4 is 11.9 Å². The van der Waals surface area contributed by atoms with E-state index in [9.17, 15) is 9.59 Å². The summed E-state index contributed by atoms with van der Waals surface area (Å²) in [7, 11) is 0. The van der Waals surface area contributed by atoms with Gasteiger partial charge in [0.15, 0.2) is 0 Å². The molecule has 5 heteroatoms. The SMILES string of the molecule is O=C(O)[C@@H]1CCCN(C(=O)[C@H]2CCCO2)C1. The Bertz CT molecular complexity index is 286. The van der Waals surface area contributed by atoms with Crippen LogP contribution in [-0.2, 0) is 14.3 Å². The molecular formula is C11H17NO4. The molecular weight excluding hydrogens is 210 g/mol. The molecule has 2 aliphatic heterocycles. The highest BCUT2D eigenvalue weighted by molar-refractivity contribution is 5.82. The first kappa shape index (κ1) is 11.4. The van der Waals surface area contributed by atoms with Crippen LogP contribution < -0.4 is 0 Å². The number of hydrogen-bond acceptors (Lipinski definition) is 3. The van der Waals surface area contributed by atoms with Crippen molar-refractivity contribution in [1.82, 2.24) is 4.90 Å². The topological polar surface area (TPSA) is 66.8 Å². The summed E-state index contributed by atoms with van der Waals surface area (Å²) < 4.78 is 5.33. The Balaban J connectivity index is 1.93. The Morgan fingerprint density at radius 2 is 2.06 bits per heavy atom. The normalized spacial score (nSPS) is 30.4. The molecule has 0 aromatic rings. The summed E-state index contributed by atoms with van der Waals surface area (Å²) in [5.74, 6) is -1.23. The molecule has 2 saturated heterocycles. The van der Waals surface area contributed by atoms with Crippen LogP contribution in [-0.4, -0.2) is 47.7 Å². The number of rotatable bonds is 2. The first-order chi connectivity index (χ1) is 7.68. The van der Waals surface area contributed by atoms with Crippen LogP contribution in [0.4, 0.5) is 0 Å². The lowest BCUT2D eigenvalue weighted by atomic mass is 9.98. The van der Waals surface area contributed by atoms with Crippen molar-refractivity contribution in [3.05, 3.63) is 0 Å². The molecule has 0 unspecified atom stereocenters. The Morgan fingerprint density at radius 1 is 1.25 bits per heavy atom. The van der Waals surface area contributed by atoms with Gasteiger partial charge in [0.1, 0.15) is 6.10 Å². The second-order valence-electron chi connectivity index (χ2n) is 4.46. The molecule has 16 heavy (non-hydrogen) atoms. The number of piperidine rings is 1. The van der Waals surface area contributed by atoms with E-state index in [0.717, 1.165) is 19.3 Å². The number of amides is 1. The summed E-state index contributed by atoms with van der Waals surface area (Å²) in [4.78, 5) is 24.5. The minimum absolute atomic E-state index is 0.0246. The van der Waals surface area contributed by atoms with Crippen LogP contribution >= 0.6 is 0 Å². The zero-order chi connectivity index (χ0) is 11.5. The van der Waals surface area contributed by atoms with Crippen LogP contribution in [0.2, 0.25) is 0 Å². The minimum atomic E-state index is -0.801. The number of ether oxygens (including phenoxy) is 1. The zero-order valence-electron chi connectivity index (χ0n) is 9.22. The van der Waals surface area contributed by atoms with Crippen LogP contribution in [0.1, 0.15) is 25.7 Å². The van der Waals surface area contributed by atoms with Gasteiger partial charge in [-0.2, -0.15) is 0 Å². The average Bonchev–Trinajstić information content (AvgIpc) is 2.81. The lowest BCUT2D eigenvalue weighted by Crippen LogP contribution is -2.46. The minimum Gasteiger partial charge on any atom is -0.481 e. The van der Waals surface area contributed by atoms with Gasteiger partial charge in [0.2, 0.25) is 0 Å². The molecule has 1 N–H and O–H groups in total. The molecule has 0 radical (unpaired) electrons. The van der Waals surface area contributed by atoms with Gasteiger partial charge in [0.25, 0.3) is 5.91 Å². The van der Waals surface area contributed by atoms with Crippen molar-refractivity contribution < 1.29 is 19.4 Å². The van der Waals surface area contributed by atoms with E-state index in [1.807, 2.05) is 0 Å². The smallest absolute Gasteiger partial charge is 0.308 e. The lowest BCUT2D eigenvalue weighted by Gasteiger charge is -2.32. The van der Waals surface area contributed by atoms with Crippen molar-refractivity contribution in [3.8, 4) is 0 Å². The monoisotopic (exact) mass is 227 g/mol. The van der Waals surface area contributed by atoms with Crippen molar-refractivity contribution in [2.75, 3.05) is 19.7 Å². The summed E-state index contributed by atoms with van der Waals surface area (Å²) >= 11 is 0. The molecule has 90 valence electrons. The van der Waals surface area contributed by atoms with Gasteiger partial charge < -0.3 is 14.7 Å². The first-order valence-corrected chi connectivity index (χ1v) is 5.81. The number of hydrogen-bond donors (Lipinski definition) is 1. The van der Waals surface area contributed by atoms with Crippen LogP contribution in [0.15, 0.2) is 0 Å². The molecule has 2 atom stereocenters. The average molecular weight is 227 g/mol. The van der Waals surface area contributed by atoms with E-state index in [2.05, 4.69) is 0 Å². The molecule has 2 aliphatic rings. The maximum atomic E-state index is 12.0. The Kier molecular flexibility index (Phi) is 3.43. The fraction of sp³-hybridized carbons (Fsp3) is 0.818. The molecule has 5 nitrogen and oxygen atoms in total. The maximum absolute atomic E-state index is 12.0. The summed E-state index contributed by atoms with van der Waals surface area (Å²) in [6.07, 6.45) is 2.81. The second-order valence-corrected chi connectivity index (χ2v) is 4.46. The second kappa shape index (κ2) is 4.82. The Morgan fingerprint density at radius 3 is 2.69 bits per heavy atom. The van der Waals surface area contributed by atoms with Crippen LogP contribution in [0.3, 0.4) is 0 Å². The maximum Gasteiger partial charge on any atom is 0.308 e. The first-order valence-electron chi connectivity index (χ1n) is 5.81. The summed E-state index contributed by atoms with van der Waals surface area (Å²) in [6.45, 7) is 1.66. The van der Waals surface area contributed by atoms with E-state index in [1.165, 1.54) is 0 Å². The van der Waals surface area contributed by atoms with Gasteiger partial charge >= 0.3 is 5.97 Å². The molecule has 1 amide bonds. The third kappa shape index (κ3) is 2.35. The van der Waals surface area contributed by atoms with Crippen LogP contribution in [0.5, 0.6) is 0 Å². The highest BCUT2D eigenvalue weighted by Crippen LogP contribution is 2.21. The lowest BCUT2D eigenvalue weighted by molar-refractivity contribution is -0.149. The van der Waals surface area contributed by atoms with Crippen molar-refractivity contribution in [2.24, 2.45) is 5.92 Å². The fourth-order valence-electron chi connectivity index (χ4n) is 2.35. The number of aliphatic carboxylic acids is 1. The Labute approximate surface area is 94.4 Å². The molecule has 2 fully saturated rings. The standard InChI is InChI=1S/C11H17NO4/c13-10(9-4-2-6-16-9)12-5-1-3-8(7-12)11(14)15/h8-9H,1-7H2,(H,14,15)/t8-,9-/m1/s1. The molecule has 0 bridgehead atoms. The zero-order valence-corrected chi connectivity index (χ0v) is 9.22. The molecule has 0 aliphatic carbocycles. The van der Waals surface area contributed by atoms with Crippen molar-refractivity contribution in [2.45, 2.75) is 31.8 Å². The summed E-state index contributed by atoms with van der Waals surface area (Å²) in [5, 5.41) is 8.93. The van der Waals surface area contributed by atoms with E-state index in [-0.39, 0.29) is 12.0 Å². The van der Waals surface area contributed by atoms with Crippen molar-refractivity contribution in [1.29, 1.82) is 0 Å². The molecule has 0 aromatic heterocycles. The van der Waals surface area contributed by atoms with Crippen molar-refractivity contribution in [3.63, 3.8) is 0 Å².